The SMILES string of the molecule is [2H]C([2H])([2H])NC(=O)c1ccc(C2=CC([2H])([2H])NC([2H])([2H])C2)cn1. The summed E-state index contributed by atoms with van der Waals surface area (Å²) in [6.07, 6.45) is 2.49. The summed E-state index contributed by atoms with van der Waals surface area (Å²) in [5.41, 5.74) is 0.782. The van der Waals surface area contributed by atoms with Gasteiger partial charge in [0.1, 0.15) is 5.69 Å². The number of amides is 1. The van der Waals surface area contributed by atoms with Gasteiger partial charge in [-0.2, -0.15) is 0 Å². The van der Waals surface area contributed by atoms with Crippen LogP contribution in [-0.2, 0) is 0 Å². The Balaban J connectivity index is 2.23. The molecule has 0 atom stereocenters. The molecule has 84 valence electrons. The molecule has 0 unspecified atom stereocenters. The van der Waals surface area contributed by atoms with Crippen molar-refractivity contribution >= 4 is 11.5 Å². The second-order valence-electron chi connectivity index (χ2n) is 3.18. The average Bonchev–Trinajstić information content (AvgIpc) is 2.33. The van der Waals surface area contributed by atoms with E-state index in [1.807, 2.05) is 5.32 Å². The highest BCUT2D eigenvalue weighted by molar-refractivity contribution is 5.92. The summed E-state index contributed by atoms with van der Waals surface area (Å²) in [6, 6.07) is 2.79. The predicted molar refractivity (Wildman–Crippen MR) is 63.1 cm³/mol. The predicted octanol–water partition coefficient (Wildman–Crippen LogP) is 0.818. The molecule has 1 aliphatic rings. The van der Waals surface area contributed by atoms with Crippen molar-refractivity contribution in [3.63, 3.8) is 0 Å². The summed E-state index contributed by atoms with van der Waals surface area (Å²) in [4.78, 5) is 15.5. The van der Waals surface area contributed by atoms with Crippen molar-refractivity contribution in [1.29, 1.82) is 0 Å². The first-order chi connectivity index (χ1) is 10.4. The van der Waals surface area contributed by atoms with Crippen LogP contribution in [0.5, 0.6) is 0 Å². The van der Waals surface area contributed by atoms with Crippen molar-refractivity contribution in [2.24, 2.45) is 0 Å². The van der Waals surface area contributed by atoms with Gasteiger partial charge in [-0.15, -0.1) is 0 Å². The van der Waals surface area contributed by atoms with Gasteiger partial charge in [0, 0.05) is 29.3 Å². The molecule has 2 N–H and O–H groups in total. The van der Waals surface area contributed by atoms with Crippen LogP contribution in [0.25, 0.3) is 5.57 Å². The van der Waals surface area contributed by atoms with Crippen molar-refractivity contribution in [2.75, 3.05) is 20.0 Å². The van der Waals surface area contributed by atoms with Crippen molar-refractivity contribution in [2.45, 2.75) is 6.42 Å². The molecule has 0 saturated heterocycles. The zero-order chi connectivity index (χ0) is 17.5. The molecule has 0 aliphatic carbocycles. The van der Waals surface area contributed by atoms with E-state index in [-0.39, 0.29) is 12.1 Å². The van der Waals surface area contributed by atoms with E-state index in [1.54, 1.807) is 0 Å². The minimum atomic E-state index is -2.61. The van der Waals surface area contributed by atoms with Gasteiger partial charge in [-0.3, -0.25) is 9.78 Å². The molecule has 0 aromatic carbocycles. The first-order valence-corrected chi connectivity index (χ1v) is 4.67. The minimum Gasteiger partial charge on any atom is -0.354 e. The van der Waals surface area contributed by atoms with Gasteiger partial charge in [0.2, 0.25) is 0 Å². The van der Waals surface area contributed by atoms with Gasteiger partial charge in [-0.25, -0.2) is 0 Å². The normalized spacial score (nSPS) is 29.0. The number of hydrogen-bond donors (Lipinski definition) is 2. The Kier molecular flexibility index (Phi) is 1.56. The van der Waals surface area contributed by atoms with Gasteiger partial charge in [0.25, 0.3) is 5.91 Å². The molecule has 4 nitrogen and oxygen atoms in total. The smallest absolute Gasteiger partial charge is 0.269 e. The summed E-state index contributed by atoms with van der Waals surface area (Å²) in [5, 5.41) is 4.04. The molecule has 1 aromatic rings. The largest absolute Gasteiger partial charge is 0.354 e. The molecule has 0 radical (unpaired) electrons. The maximum atomic E-state index is 11.7. The Hall–Kier alpha value is -1.68. The molecule has 16 heavy (non-hydrogen) atoms. The molecule has 1 aromatic heterocycles. The van der Waals surface area contributed by atoms with Crippen LogP contribution < -0.4 is 10.6 Å². The summed E-state index contributed by atoms with van der Waals surface area (Å²) in [5.74, 6) is -0.846. The molecule has 0 saturated carbocycles. The second kappa shape index (κ2) is 4.90. The van der Waals surface area contributed by atoms with Gasteiger partial charge in [-0.05, 0) is 30.1 Å². The lowest BCUT2D eigenvalue weighted by atomic mass is 10.0. The number of nitrogens with zero attached hydrogens (tertiary/aromatic N) is 1. The molecule has 0 fully saturated rings. The van der Waals surface area contributed by atoms with E-state index in [4.69, 9.17) is 9.60 Å². The van der Waals surface area contributed by atoms with Gasteiger partial charge < -0.3 is 10.6 Å². The van der Waals surface area contributed by atoms with Crippen molar-refractivity contribution in [1.82, 2.24) is 15.6 Å². The molecule has 0 spiro atoms. The molecule has 4 heteroatoms. The van der Waals surface area contributed by atoms with Gasteiger partial charge >= 0.3 is 0 Å². The van der Waals surface area contributed by atoms with Gasteiger partial charge in [0.05, 0.1) is 0 Å². The van der Waals surface area contributed by atoms with E-state index in [1.165, 1.54) is 24.4 Å². The van der Waals surface area contributed by atoms with Crippen LogP contribution in [0.15, 0.2) is 24.4 Å². The third-order valence-electron chi connectivity index (χ3n) is 2.17. The Bertz CT molecular complexity index is 637. The number of rotatable bonds is 2. The van der Waals surface area contributed by atoms with Crippen LogP contribution in [0, 0.1) is 0 Å². The molecule has 1 aliphatic heterocycles. The van der Waals surface area contributed by atoms with E-state index >= 15 is 0 Å². The Morgan fingerprint density at radius 1 is 1.69 bits per heavy atom. The highest BCUT2D eigenvalue weighted by Gasteiger charge is 2.08. The van der Waals surface area contributed by atoms with Crippen molar-refractivity contribution in [3.05, 3.63) is 35.7 Å². The van der Waals surface area contributed by atoms with E-state index in [0.717, 1.165) is 0 Å². The summed E-state index contributed by atoms with van der Waals surface area (Å²) < 4.78 is 51.6. The fraction of sp³-hybridized carbons (Fsp3) is 0.333. The zero-order valence-electron chi connectivity index (χ0n) is 15.4. The molecule has 2 heterocycles. The molecular formula is C12H15N3O. The molecular weight excluding hydrogens is 202 g/mol. The van der Waals surface area contributed by atoms with Crippen LogP contribution in [0.1, 0.15) is 32.1 Å². The Morgan fingerprint density at radius 2 is 2.62 bits per heavy atom. The van der Waals surface area contributed by atoms with Crippen LogP contribution in [0.4, 0.5) is 0 Å². The maximum absolute atomic E-state index is 11.7. The fourth-order valence-electron chi connectivity index (χ4n) is 1.33. The van der Waals surface area contributed by atoms with E-state index < -0.39 is 25.9 Å². The zero-order valence-corrected chi connectivity index (χ0v) is 8.37. The van der Waals surface area contributed by atoms with Crippen LogP contribution in [0.3, 0.4) is 0 Å². The highest BCUT2D eigenvalue weighted by atomic mass is 16.1. The first-order valence-electron chi connectivity index (χ1n) is 8.17. The first kappa shape index (κ1) is 5.10. The third-order valence-corrected chi connectivity index (χ3v) is 2.17. The number of nitrogens with one attached hydrogen (secondary N) is 2. The Morgan fingerprint density at radius 3 is 3.31 bits per heavy atom. The molecule has 0 bridgehead atoms. The van der Waals surface area contributed by atoms with Crippen molar-refractivity contribution < 1.29 is 14.4 Å². The quantitative estimate of drug-likeness (QED) is 0.782. The third kappa shape index (κ3) is 2.28. The summed E-state index contributed by atoms with van der Waals surface area (Å²) in [6.45, 7) is -6.53. The highest BCUT2D eigenvalue weighted by Crippen LogP contribution is 2.18. The summed E-state index contributed by atoms with van der Waals surface area (Å²) >= 11 is 0. The number of aromatic nitrogens is 1. The standard InChI is InChI=1S/C12H15N3O/c1-13-12(16)11-3-2-10(8-15-11)9-4-6-14-7-5-9/h2-4,8,14H,5-7H2,1H3,(H,13,16)/i1D3,6D2,7D2. The monoisotopic (exact) mass is 224 g/mol. The molecule has 1 amide bonds. The Labute approximate surface area is 105 Å². The lowest BCUT2D eigenvalue weighted by Gasteiger charge is -2.13. The maximum Gasteiger partial charge on any atom is 0.269 e. The molecule has 2 rings (SSSR count). The number of hydrogen-bond acceptors (Lipinski definition) is 3. The number of carbonyl (C=O) groups is 1. The fourth-order valence-corrected chi connectivity index (χ4v) is 1.33. The van der Waals surface area contributed by atoms with Crippen LogP contribution in [0.2, 0.25) is 0 Å². The minimum absolute atomic E-state index is 0.0605. The average molecular weight is 224 g/mol. The van der Waals surface area contributed by atoms with Crippen LogP contribution in [-0.4, -0.2) is 30.9 Å². The summed E-state index contributed by atoms with van der Waals surface area (Å²) in [7, 11) is 0. The lowest BCUT2D eigenvalue weighted by Crippen LogP contribution is -2.20. The number of pyridine rings is 1. The van der Waals surface area contributed by atoms with Gasteiger partial charge in [0.15, 0.2) is 0 Å². The lowest BCUT2D eigenvalue weighted by molar-refractivity contribution is 0.0958. The van der Waals surface area contributed by atoms with E-state index in [9.17, 15) is 4.79 Å². The number of carbonyl (C=O) groups excluding carboxylic acids is 1. The van der Waals surface area contributed by atoms with Crippen molar-refractivity contribution in [3.8, 4) is 0 Å². The second-order valence-corrected chi connectivity index (χ2v) is 3.18. The van der Waals surface area contributed by atoms with Crippen LogP contribution >= 0.6 is 0 Å². The van der Waals surface area contributed by atoms with E-state index in [0.29, 0.717) is 11.1 Å². The van der Waals surface area contributed by atoms with E-state index in [2.05, 4.69) is 10.3 Å². The van der Waals surface area contributed by atoms with Gasteiger partial charge in [-0.1, -0.05) is 12.1 Å². The topological polar surface area (TPSA) is 54.0 Å².